The molecule has 0 spiro atoms. The first kappa shape index (κ1) is 12.9. The van der Waals surface area contributed by atoms with Gasteiger partial charge >= 0.3 is 0 Å². The zero-order valence-electron chi connectivity index (χ0n) is 12.6. The van der Waals surface area contributed by atoms with Gasteiger partial charge in [-0.2, -0.15) is 0 Å². The summed E-state index contributed by atoms with van der Waals surface area (Å²) in [5, 5.41) is 0. The average molecular weight is 264 g/mol. The molecular formula is C18H20N2. The lowest BCUT2D eigenvalue weighted by atomic mass is 9.97. The molecule has 0 aliphatic rings. The van der Waals surface area contributed by atoms with Crippen molar-refractivity contribution in [3.63, 3.8) is 0 Å². The highest BCUT2D eigenvalue weighted by molar-refractivity contribution is 5.75. The number of aromatic nitrogens is 2. The van der Waals surface area contributed by atoms with E-state index in [0.717, 1.165) is 17.8 Å². The molecule has 0 saturated carbocycles. The van der Waals surface area contributed by atoms with Gasteiger partial charge in [-0.1, -0.05) is 29.8 Å². The van der Waals surface area contributed by atoms with Crippen LogP contribution in [0.15, 0.2) is 36.4 Å². The lowest BCUT2D eigenvalue weighted by Crippen LogP contribution is -2.03. The molecule has 0 bridgehead atoms. The molecule has 2 nitrogen and oxygen atoms in total. The van der Waals surface area contributed by atoms with Gasteiger partial charge < -0.3 is 4.57 Å². The second kappa shape index (κ2) is 4.78. The first-order valence-electron chi connectivity index (χ1n) is 7.03. The first-order valence-corrected chi connectivity index (χ1v) is 7.03. The Morgan fingerprint density at radius 1 is 1.00 bits per heavy atom. The van der Waals surface area contributed by atoms with Gasteiger partial charge in [0, 0.05) is 13.5 Å². The minimum Gasteiger partial charge on any atom is -0.331 e. The minimum absolute atomic E-state index is 0.892. The van der Waals surface area contributed by atoms with Gasteiger partial charge in [-0.25, -0.2) is 4.98 Å². The van der Waals surface area contributed by atoms with Crippen LogP contribution in [0.5, 0.6) is 0 Å². The van der Waals surface area contributed by atoms with Crippen LogP contribution in [0.4, 0.5) is 0 Å². The van der Waals surface area contributed by atoms with Crippen LogP contribution >= 0.6 is 0 Å². The van der Waals surface area contributed by atoms with Crippen molar-refractivity contribution in [3.8, 4) is 0 Å². The summed E-state index contributed by atoms with van der Waals surface area (Å²) in [6.45, 7) is 6.54. The van der Waals surface area contributed by atoms with Crippen molar-refractivity contribution < 1.29 is 0 Å². The quantitative estimate of drug-likeness (QED) is 0.681. The van der Waals surface area contributed by atoms with E-state index in [-0.39, 0.29) is 0 Å². The highest BCUT2D eigenvalue weighted by Crippen LogP contribution is 2.22. The lowest BCUT2D eigenvalue weighted by Gasteiger charge is -2.11. The number of rotatable bonds is 2. The Morgan fingerprint density at radius 3 is 2.30 bits per heavy atom. The zero-order chi connectivity index (χ0) is 14.3. The minimum atomic E-state index is 0.892. The van der Waals surface area contributed by atoms with Gasteiger partial charge in [0.05, 0.1) is 11.0 Å². The molecule has 1 heterocycles. The standard InChI is InChI=1S/C18H20N2/c1-12-9-13(2)15(14(3)10-12)11-18-19-16-7-5-6-8-17(16)20(18)4/h5-10H,11H2,1-4H3. The van der Waals surface area contributed by atoms with E-state index in [2.05, 4.69) is 62.7 Å². The summed E-state index contributed by atoms with van der Waals surface area (Å²) in [5.74, 6) is 1.13. The molecular weight excluding hydrogens is 244 g/mol. The van der Waals surface area contributed by atoms with Crippen LogP contribution in [-0.2, 0) is 13.5 Å². The fourth-order valence-electron chi connectivity index (χ4n) is 3.00. The summed E-state index contributed by atoms with van der Waals surface area (Å²) in [6, 6.07) is 12.8. The summed E-state index contributed by atoms with van der Waals surface area (Å²) in [5.41, 5.74) is 7.71. The van der Waals surface area contributed by atoms with E-state index in [1.54, 1.807) is 0 Å². The monoisotopic (exact) mass is 264 g/mol. The molecule has 102 valence electrons. The molecule has 0 atom stereocenters. The summed E-state index contributed by atoms with van der Waals surface area (Å²) in [4.78, 5) is 4.78. The maximum atomic E-state index is 4.78. The van der Waals surface area contributed by atoms with Crippen molar-refractivity contribution in [3.05, 3.63) is 64.5 Å². The summed E-state index contributed by atoms with van der Waals surface area (Å²) in [7, 11) is 2.10. The highest BCUT2D eigenvalue weighted by Gasteiger charge is 2.11. The van der Waals surface area contributed by atoms with Gasteiger partial charge in [0.15, 0.2) is 0 Å². The SMILES string of the molecule is Cc1cc(C)c(Cc2nc3ccccc3n2C)c(C)c1. The molecule has 0 aliphatic heterocycles. The maximum absolute atomic E-state index is 4.78. The van der Waals surface area contributed by atoms with E-state index in [9.17, 15) is 0 Å². The molecule has 3 rings (SSSR count). The number of hydrogen-bond acceptors (Lipinski definition) is 1. The van der Waals surface area contributed by atoms with Gasteiger partial charge in [-0.05, 0) is 49.6 Å². The van der Waals surface area contributed by atoms with Crippen molar-refractivity contribution in [1.29, 1.82) is 0 Å². The van der Waals surface area contributed by atoms with Gasteiger partial charge in [0.25, 0.3) is 0 Å². The van der Waals surface area contributed by atoms with Crippen LogP contribution in [0.2, 0.25) is 0 Å². The highest BCUT2D eigenvalue weighted by atomic mass is 15.1. The smallest absolute Gasteiger partial charge is 0.114 e. The third kappa shape index (κ3) is 2.11. The van der Waals surface area contributed by atoms with Crippen LogP contribution in [0.1, 0.15) is 28.1 Å². The number of para-hydroxylation sites is 2. The Hall–Kier alpha value is -2.09. The van der Waals surface area contributed by atoms with Crippen molar-refractivity contribution in [2.45, 2.75) is 27.2 Å². The van der Waals surface area contributed by atoms with Crippen LogP contribution in [-0.4, -0.2) is 9.55 Å². The topological polar surface area (TPSA) is 17.8 Å². The number of fused-ring (bicyclic) bond motifs is 1. The number of aryl methyl sites for hydroxylation is 4. The van der Waals surface area contributed by atoms with Gasteiger partial charge in [0.1, 0.15) is 5.82 Å². The molecule has 1 aromatic heterocycles. The molecule has 0 amide bonds. The Morgan fingerprint density at radius 2 is 1.65 bits per heavy atom. The molecule has 2 aromatic carbocycles. The Kier molecular flexibility index (Phi) is 3.09. The summed E-state index contributed by atoms with van der Waals surface area (Å²) in [6.07, 6.45) is 0.892. The molecule has 20 heavy (non-hydrogen) atoms. The molecule has 0 N–H and O–H groups in total. The largest absolute Gasteiger partial charge is 0.331 e. The van der Waals surface area contributed by atoms with E-state index in [1.165, 1.54) is 27.8 Å². The van der Waals surface area contributed by atoms with E-state index >= 15 is 0 Å². The van der Waals surface area contributed by atoms with Crippen molar-refractivity contribution >= 4 is 11.0 Å². The van der Waals surface area contributed by atoms with Gasteiger partial charge in [0.2, 0.25) is 0 Å². The Balaban J connectivity index is 2.08. The van der Waals surface area contributed by atoms with E-state index in [0.29, 0.717) is 0 Å². The third-order valence-corrected chi connectivity index (χ3v) is 4.06. The second-order valence-corrected chi connectivity index (χ2v) is 5.63. The van der Waals surface area contributed by atoms with E-state index in [1.807, 2.05) is 6.07 Å². The normalized spacial score (nSPS) is 11.2. The average Bonchev–Trinajstić information content (AvgIpc) is 2.71. The lowest BCUT2D eigenvalue weighted by molar-refractivity contribution is 0.839. The molecule has 0 aliphatic carbocycles. The molecule has 0 saturated heterocycles. The summed E-state index contributed by atoms with van der Waals surface area (Å²) < 4.78 is 2.20. The molecule has 2 heteroatoms. The Bertz CT molecular complexity index is 758. The fraction of sp³-hybridized carbons (Fsp3) is 0.278. The number of imidazole rings is 1. The van der Waals surface area contributed by atoms with Crippen LogP contribution in [0.3, 0.4) is 0 Å². The third-order valence-electron chi connectivity index (χ3n) is 4.06. The van der Waals surface area contributed by atoms with Crippen LogP contribution in [0.25, 0.3) is 11.0 Å². The number of benzene rings is 2. The predicted molar refractivity (Wildman–Crippen MR) is 84.2 cm³/mol. The number of nitrogens with zero attached hydrogens (tertiary/aromatic N) is 2. The molecule has 0 unspecified atom stereocenters. The van der Waals surface area contributed by atoms with Crippen molar-refractivity contribution in [2.24, 2.45) is 7.05 Å². The van der Waals surface area contributed by atoms with E-state index < -0.39 is 0 Å². The Labute approximate surface area is 120 Å². The summed E-state index contributed by atoms with van der Waals surface area (Å²) >= 11 is 0. The number of hydrogen-bond donors (Lipinski definition) is 0. The predicted octanol–water partition coefficient (Wildman–Crippen LogP) is 4.09. The van der Waals surface area contributed by atoms with Crippen molar-refractivity contribution in [2.75, 3.05) is 0 Å². The van der Waals surface area contributed by atoms with Crippen molar-refractivity contribution in [1.82, 2.24) is 9.55 Å². The maximum Gasteiger partial charge on any atom is 0.114 e. The molecule has 0 fully saturated rings. The molecule has 0 radical (unpaired) electrons. The second-order valence-electron chi connectivity index (χ2n) is 5.63. The van der Waals surface area contributed by atoms with Gasteiger partial charge in [-0.15, -0.1) is 0 Å². The van der Waals surface area contributed by atoms with Crippen LogP contribution in [0, 0.1) is 20.8 Å². The van der Waals surface area contributed by atoms with E-state index in [4.69, 9.17) is 4.98 Å². The first-order chi connectivity index (χ1) is 9.56. The zero-order valence-corrected chi connectivity index (χ0v) is 12.6. The van der Waals surface area contributed by atoms with Crippen LogP contribution < -0.4 is 0 Å². The molecule has 3 aromatic rings. The fourth-order valence-corrected chi connectivity index (χ4v) is 3.00. The van der Waals surface area contributed by atoms with Gasteiger partial charge in [-0.3, -0.25) is 0 Å².